The summed E-state index contributed by atoms with van der Waals surface area (Å²) in [6, 6.07) is 3.39. The van der Waals surface area contributed by atoms with Gasteiger partial charge in [0.25, 0.3) is 0 Å². The normalized spacial score (nSPS) is 14.5. The molecule has 0 aromatic heterocycles. The summed E-state index contributed by atoms with van der Waals surface area (Å²) in [5.41, 5.74) is -0.667. The van der Waals surface area contributed by atoms with E-state index in [1.165, 1.54) is 0 Å². The second-order valence-corrected chi connectivity index (χ2v) is 7.05. The van der Waals surface area contributed by atoms with Crippen LogP contribution in [0.5, 0.6) is 23.0 Å². The summed E-state index contributed by atoms with van der Waals surface area (Å²) < 4.78 is 69.0. The van der Waals surface area contributed by atoms with Crippen LogP contribution in [0.15, 0.2) is 41.3 Å². The summed E-state index contributed by atoms with van der Waals surface area (Å²) in [7, 11) is -10.1. The number of hydrogen-bond acceptors (Lipinski definition) is 5. The Bertz CT molecular complexity index is 812. The van der Waals surface area contributed by atoms with Crippen LogP contribution >= 0.6 is 10.2 Å². The molecule has 3 N–H and O–H groups in total. The van der Waals surface area contributed by atoms with Gasteiger partial charge in [-0.1, -0.05) is 31.6 Å². The van der Waals surface area contributed by atoms with E-state index in [0.29, 0.717) is 24.3 Å². The fourth-order valence-corrected chi connectivity index (χ4v) is 2.56. The summed E-state index contributed by atoms with van der Waals surface area (Å²) in [4.78, 5) is 9.40. The van der Waals surface area contributed by atoms with Gasteiger partial charge in [0.2, 0.25) is 0 Å². The van der Waals surface area contributed by atoms with Gasteiger partial charge < -0.3 is 20.1 Å². The SMILES string of the molecule is O=C(Oc1ccccc1S(F)(F)(F)(F)F)c1cc(O)c(O)c(O)c1. The number of para-hydroxylation sites is 1. The van der Waals surface area contributed by atoms with Crippen LogP contribution in [-0.4, -0.2) is 21.3 Å². The van der Waals surface area contributed by atoms with E-state index in [2.05, 4.69) is 4.74 Å². The molecule has 0 unspecified atom stereocenters. The molecule has 2 rings (SSSR count). The van der Waals surface area contributed by atoms with Gasteiger partial charge in [-0.25, -0.2) is 4.79 Å². The number of aromatic hydroxyl groups is 3. The van der Waals surface area contributed by atoms with Crippen molar-refractivity contribution in [3.8, 4) is 23.0 Å². The lowest BCUT2D eigenvalue weighted by atomic mass is 10.2. The molecule has 0 saturated carbocycles. The third-order valence-electron chi connectivity index (χ3n) is 2.77. The Kier molecular flexibility index (Phi) is 3.43. The molecule has 24 heavy (non-hydrogen) atoms. The molecular weight excluding hydrogens is 363 g/mol. The minimum absolute atomic E-state index is 0.0654. The maximum Gasteiger partial charge on any atom is 0.343 e. The number of esters is 1. The molecule has 11 heteroatoms. The van der Waals surface area contributed by atoms with Crippen LogP contribution in [-0.2, 0) is 0 Å². The highest BCUT2D eigenvalue weighted by molar-refractivity contribution is 8.45. The first kappa shape index (κ1) is 17.7. The number of rotatable bonds is 3. The van der Waals surface area contributed by atoms with E-state index in [4.69, 9.17) is 5.11 Å². The second-order valence-electron chi connectivity index (χ2n) is 4.67. The zero-order chi connectivity index (χ0) is 18.4. The number of benzene rings is 2. The third-order valence-corrected chi connectivity index (χ3v) is 3.94. The molecule has 0 fully saturated rings. The Hall–Kier alpha value is -2.69. The number of carbonyl (C=O) groups excluding carboxylic acids is 1. The Morgan fingerprint density at radius 3 is 1.92 bits per heavy atom. The van der Waals surface area contributed by atoms with Crippen LogP contribution in [0, 0.1) is 0 Å². The van der Waals surface area contributed by atoms with Gasteiger partial charge in [-0.2, -0.15) is 0 Å². The maximum absolute atomic E-state index is 12.9. The van der Waals surface area contributed by atoms with Crippen LogP contribution in [0.4, 0.5) is 19.4 Å². The molecule has 2 aromatic rings. The van der Waals surface area contributed by atoms with Gasteiger partial charge in [0.1, 0.15) is 4.90 Å². The Labute approximate surface area is 131 Å². The Morgan fingerprint density at radius 1 is 0.917 bits per heavy atom. The van der Waals surface area contributed by atoms with Gasteiger partial charge in [0, 0.05) is 0 Å². The number of carbonyl (C=O) groups is 1. The van der Waals surface area contributed by atoms with Crippen molar-refractivity contribution < 1.29 is 44.3 Å². The van der Waals surface area contributed by atoms with Crippen LogP contribution in [0.3, 0.4) is 0 Å². The third kappa shape index (κ3) is 3.62. The molecule has 0 spiro atoms. The number of halogens is 5. The summed E-state index contributed by atoms with van der Waals surface area (Å²) in [6.07, 6.45) is 0. The predicted octanol–water partition coefficient (Wildman–Crippen LogP) is 4.68. The highest BCUT2D eigenvalue weighted by atomic mass is 32.5. The van der Waals surface area contributed by atoms with E-state index in [1.54, 1.807) is 0 Å². The van der Waals surface area contributed by atoms with Crippen molar-refractivity contribution in [2.45, 2.75) is 4.90 Å². The summed E-state index contributed by atoms with van der Waals surface area (Å²) in [5.74, 6) is -5.88. The van der Waals surface area contributed by atoms with Crippen molar-refractivity contribution in [1.82, 2.24) is 0 Å². The van der Waals surface area contributed by atoms with Crippen LogP contribution in [0.1, 0.15) is 10.4 Å². The average Bonchev–Trinajstić information content (AvgIpc) is 2.42. The topological polar surface area (TPSA) is 87.0 Å². The summed E-state index contributed by atoms with van der Waals surface area (Å²) in [6.45, 7) is 0. The molecule has 132 valence electrons. The van der Waals surface area contributed by atoms with E-state index >= 15 is 0 Å². The van der Waals surface area contributed by atoms with Gasteiger partial charge in [0.05, 0.1) is 5.56 Å². The first-order valence-electron chi connectivity index (χ1n) is 5.99. The average molecular weight is 372 g/mol. The molecule has 2 aromatic carbocycles. The lowest BCUT2D eigenvalue weighted by molar-refractivity contribution is 0.0728. The first-order valence-corrected chi connectivity index (χ1v) is 7.94. The van der Waals surface area contributed by atoms with Gasteiger partial charge in [0.15, 0.2) is 23.0 Å². The molecule has 0 aliphatic carbocycles. The van der Waals surface area contributed by atoms with Gasteiger partial charge >= 0.3 is 16.2 Å². The highest BCUT2D eigenvalue weighted by Gasteiger charge is 2.67. The fourth-order valence-electron chi connectivity index (χ4n) is 1.73. The van der Waals surface area contributed by atoms with Crippen molar-refractivity contribution in [3.63, 3.8) is 0 Å². The molecular formula is C13H9F5O5S. The van der Waals surface area contributed by atoms with E-state index in [0.717, 1.165) is 6.07 Å². The van der Waals surface area contributed by atoms with Crippen molar-refractivity contribution in [2.24, 2.45) is 0 Å². The standard InChI is InChI=1S/C13H9F5O5S/c14-24(15,16,17,18)11-4-2-1-3-10(11)23-13(22)7-5-8(19)12(21)9(20)6-7/h1-6,19-21H. The molecule has 0 amide bonds. The maximum atomic E-state index is 12.9. The highest BCUT2D eigenvalue weighted by Crippen LogP contribution is 3.03. The largest absolute Gasteiger partial charge is 0.504 e. The van der Waals surface area contributed by atoms with Crippen molar-refractivity contribution >= 4 is 16.2 Å². The Morgan fingerprint density at radius 2 is 1.42 bits per heavy atom. The second kappa shape index (κ2) is 4.66. The van der Waals surface area contributed by atoms with E-state index in [9.17, 15) is 34.4 Å². The molecule has 0 saturated heterocycles. The molecule has 0 aliphatic heterocycles. The number of phenols is 3. The summed E-state index contributed by atoms with van der Waals surface area (Å²) in [5, 5.41) is 27.6. The molecule has 0 aliphatic rings. The quantitative estimate of drug-likeness (QED) is 0.315. The monoisotopic (exact) mass is 372 g/mol. The molecule has 0 bridgehead atoms. The minimum Gasteiger partial charge on any atom is -0.504 e. The molecule has 0 heterocycles. The van der Waals surface area contributed by atoms with Crippen molar-refractivity contribution in [1.29, 1.82) is 0 Å². The van der Waals surface area contributed by atoms with Crippen molar-refractivity contribution in [2.75, 3.05) is 0 Å². The smallest absolute Gasteiger partial charge is 0.343 e. The number of phenolic OH excluding ortho intramolecular Hbond substituents is 3. The first-order chi connectivity index (χ1) is 10.7. The minimum atomic E-state index is -10.1. The van der Waals surface area contributed by atoms with E-state index in [-0.39, 0.29) is 6.07 Å². The molecule has 5 nitrogen and oxygen atoms in total. The van der Waals surface area contributed by atoms with Gasteiger partial charge in [-0.05, 0) is 24.3 Å². The van der Waals surface area contributed by atoms with E-state index in [1.807, 2.05) is 0 Å². The zero-order valence-electron chi connectivity index (χ0n) is 11.4. The van der Waals surface area contributed by atoms with Gasteiger partial charge in [-0.3, -0.25) is 0 Å². The lowest BCUT2D eigenvalue weighted by Gasteiger charge is -2.41. The van der Waals surface area contributed by atoms with Crippen LogP contribution in [0.2, 0.25) is 0 Å². The predicted molar refractivity (Wildman–Crippen MR) is 74.2 cm³/mol. The van der Waals surface area contributed by atoms with Crippen molar-refractivity contribution in [3.05, 3.63) is 42.0 Å². The summed E-state index contributed by atoms with van der Waals surface area (Å²) >= 11 is 0. The van der Waals surface area contributed by atoms with E-state index < -0.39 is 49.7 Å². The number of ether oxygens (including phenoxy) is 1. The van der Waals surface area contributed by atoms with Gasteiger partial charge in [-0.15, -0.1) is 0 Å². The Balaban J connectivity index is 2.46. The number of hydrogen-bond donors (Lipinski definition) is 3. The molecule has 0 atom stereocenters. The zero-order valence-corrected chi connectivity index (χ0v) is 12.2. The fraction of sp³-hybridized carbons (Fsp3) is 0. The van der Waals surface area contributed by atoms with Crippen LogP contribution < -0.4 is 4.74 Å². The lowest BCUT2D eigenvalue weighted by Crippen LogP contribution is -2.13. The molecule has 0 radical (unpaired) electrons. The van der Waals surface area contributed by atoms with Crippen LogP contribution in [0.25, 0.3) is 0 Å².